The van der Waals surface area contributed by atoms with Gasteiger partial charge in [-0.2, -0.15) is 5.26 Å². The van der Waals surface area contributed by atoms with E-state index in [1.165, 1.54) is 29.0 Å². The largest absolute Gasteiger partial charge is 0.462 e. The van der Waals surface area contributed by atoms with Gasteiger partial charge in [0.2, 0.25) is 0 Å². The molecule has 0 atom stereocenters. The molecule has 2 aromatic rings. The van der Waals surface area contributed by atoms with Crippen molar-refractivity contribution in [3.63, 3.8) is 0 Å². The summed E-state index contributed by atoms with van der Waals surface area (Å²) in [4.78, 5) is 34.8. The molecule has 0 radical (unpaired) electrons. The number of nitrogens with one attached hydrogen (secondary N) is 1. The molecule has 0 unspecified atom stereocenters. The van der Waals surface area contributed by atoms with E-state index in [-0.39, 0.29) is 39.2 Å². The SMILES string of the molecule is CCOC(=O)C(C#N)=c1sc(=CNc2cccc([N+](=O)[O-])c2)c(=O)n1CC. The molecule has 0 amide bonds. The second-order valence-corrected chi connectivity index (χ2v) is 6.15. The molecule has 0 aliphatic rings. The van der Waals surface area contributed by atoms with E-state index in [4.69, 9.17) is 4.74 Å². The number of ether oxygens (including phenoxy) is 1. The van der Waals surface area contributed by atoms with Crippen LogP contribution in [0, 0.1) is 21.4 Å². The van der Waals surface area contributed by atoms with Gasteiger partial charge in [-0.3, -0.25) is 19.5 Å². The highest BCUT2D eigenvalue weighted by molar-refractivity contribution is 7.07. The summed E-state index contributed by atoms with van der Waals surface area (Å²) in [5, 5.41) is 23.0. The zero-order valence-corrected chi connectivity index (χ0v) is 15.4. The summed E-state index contributed by atoms with van der Waals surface area (Å²) in [7, 11) is 0. The van der Waals surface area contributed by atoms with Crippen molar-refractivity contribution in [1.82, 2.24) is 4.57 Å². The van der Waals surface area contributed by atoms with Crippen molar-refractivity contribution in [2.75, 3.05) is 11.9 Å². The molecule has 0 aliphatic heterocycles. The number of nitriles is 1. The zero-order valence-electron chi connectivity index (χ0n) is 14.6. The molecule has 1 heterocycles. The number of carbonyl (C=O) groups is 1. The van der Waals surface area contributed by atoms with Crippen molar-refractivity contribution < 1.29 is 14.5 Å². The predicted octanol–water partition coefficient (Wildman–Crippen LogP) is 0.925. The standard InChI is InChI=1S/C17H16N4O5S/c1-3-20-15(22)14(27-16(20)13(9-18)17(23)26-4-2)10-19-11-6-5-7-12(8-11)21(24)25/h5-8,10,19H,3-4H2,1-2H3. The minimum absolute atomic E-state index is 0.0892. The third-order valence-electron chi connectivity index (χ3n) is 3.46. The predicted molar refractivity (Wildman–Crippen MR) is 100 cm³/mol. The second kappa shape index (κ2) is 8.77. The van der Waals surface area contributed by atoms with Crippen LogP contribution in [0.3, 0.4) is 0 Å². The van der Waals surface area contributed by atoms with Gasteiger partial charge in [0.25, 0.3) is 11.2 Å². The lowest BCUT2D eigenvalue weighted by molar-refractivity contribution is -0.384. The van der Waals surface area contributed by atoms with Crippen LogP contribution in [0.15, 0.2) is 29.1 Å². The number of hydrogen-bond donors (Lipinski definition) is 1. The fraction of sp³-hybridized carbons (Fsp3) is 0.235. The van der Waals surface area contributed by atoms with E-state index in [1.807, 2.05) is 0 Å². The lowest BCUT2D eigenvalue weighted by atomic mass is 10.3. The zero-order chi connectivity index (χ0) is 20.0. The maximum absolute atomic E-state index is 12.5. The number of aromatic nitrogens is 1. The van der Waals surface area contributed by atoms with Crippen LogP contribution in [0.4, 0.5) is 11.4 Å². The summed E-state index contributed by atoms with van der Waals surface area (Å²) in [6.45, 7) is 3.71. The fourth-order valence-corrected chi connectivity index (χ4v) is 3.31. The molecule has 0 saturated carbocycles. The Labute approximate surface area is 157 Å². The molecule has 27 heavy (non-hydrogen) atoms. The number of anilines is 1. The van der Waals surface area contributed by atoms with Crippen LogP contribution in [0.1, 0.15) is 13.8 Å². The van der Waals surface area contributed by atoms with E-state index in [2.05, 4.69) is 5.32 Å². The van der Waals surface area contributed by atoms with Crippen molar-refractivity contribution in [2.24, 2.45) is 0 Å². The van der Waals surface area contributed by atoms with Crippen molar-refractivity contribution in [3.8, 4) is 6.07 Å². The van der Waals surface area contributed by atoms with Gasteiger partial charge in [0.15, 0.2) is 5.57 Å². The molecule has 1 N–H and O–H groups in total. The van der Waals surface area contributed by atoms with E-state index in [0.717, 1.165) is 11.3 Å². The summed E-state index contributed by atoms with van der Waals surface area (Å²) in [6, 6.07) is 7.60. The van der Waals surface area contributed by atoms with E-state index in [1.54, 1.807) is 26.0 Å². The lowest BCUT2D eigenvalue weighted by Crippen LogP contribution is -2.32. The first kappa shape index (κ1) is 19.9. The van der Waals surface area contributed by atoms with Gasteiger partial charge in [-0.15, -0.1) is 11.3 Å². The highest BCUT2D eigenvalue weighted by Gasteiger charge is 2.16. The maximum atomic E-state index is 12.5. The van der Waals surface area contributed by atoms with Gasteiger partial charge in [0.05, 0.1) is 11.5 Å². The molecule has 140 valence electrons. The molecule has 1 aromatic heterocycles. The minimum atomic E-state index is -0.790. The number of nitro benzene ring substituents is 1. The topological polar surface area (TPSA) is 127 Å². The van der Waals surface area contributed by atoms with E-state index in [9.17, 15) is 25.0 Å². The molecule has 0 aliphatic carbocycles. The third kappa shape index (κ3) is 4.39. The number of carbonyl (C=O) groups excluding carboxylic acids is 1. The first-order valence-electron chi connectivity index (χ1n) is 7.95. The van der Waals surface area contributed by atoms with E-state index >= 15 is 0 Å². The Morgan fingerprint density at radius 2 is 2.22 bits per heavy atom. The smallest absolute Gasteiger partial charge is 0.351 e. The van der Waals surface area contributed by atoms with Crippen molar-refractivity contribution in [3.05, 3.63) is 53.9 Å². The molecule has 0 saturated heterocycles. The molecular formula is C17H16N4O5S. The number of non-ortho nitro benzene ring substituents is 1. The van der Waals surface area contributed by atoms with Crippen LogP contribution in [-0.2, 0) is 16.1 Å². The first-order valence-corrected chi connectivity index (χ1v) is 8.76. The van der Waals surface area contributed by atoms with Crippen LogP contribution >= 0.6 is 11.3 Å². The second-order valence-electron chi connectivity index (χ2n) is 5.12. The Balaban J connectivity index is 2.55. The molecule has 9 nitrogen and oxygen atoms in total. The quantitative estimate of drug-likeness (QED) is 0.443. The van der Waals surface area contributed by atoms with Gasteiger partial charge in [-0.05, 0) is 19.9 Å². The Bertz CT molecular complexity index is 1090. The van der Waals surface area contributed by atoms with Crippen LogP contribution in [-0.4, -0.2) is 22.1 Å². The Morgan fingerprint density at radius 1 is 1.48 bits per heavy atom. The van der Waals surface area contributed by atoms with Crippen molar-refractivity contribution >= 4 is 40.5 Å². The van der Waals surface area contributed by atoms with Crippen LogP contribution in [0.5, 0.6) is 0 Å². The van der Waals surface area contributed by atoms with Crippen LogP contribution in [0.2, 0.25) is 0 Å². The molecule has 0 fully saturated rings. The average Bonchev–Trinajstić information content (AvgIpc) is 2.96. The van der Waals surface area contributed by atoms with Gasteiger partial charge < -0.3 is 10.1 Å². The third-order valence-corrected chi connectivity index (χ3v) is 4.59. The first-order chi connectivity index (χ1) is 12.9. The molecule has 1 aromatic carbocycles. The Kier molecular flexibility index (Phi) is 6.46. The van der Waals surface area contributed by atoms with Crippen LogP contribution in [0.25, 0.3) is 11.8 Å². The monoisotopic (exact) mass is 388 g/mol. The van der Waals surface area contributed by atoms with E-state index in [0.29, 0.717) is 5.69 Å². The maximum Gasteiger partial charge on any atom is 0.351 e. The summed E-state index contributed by atoms with van der Waals surface area (Å²) in [5.74, 6) is -0.790. The fourth-order valence-electron chi connectivity index (χ4n) is 2.23. The number of nitrogens with zero attached hydrogens (tertiary/aromatic N) is 3. The van der Waals surface area contributed by atoms with Crippen molar-refractivity contribution in [1.29, 1.82) is 5.26 Å². The Morgan fingerprint density at radius 3 is 2.81 bits per heavy atom. The number of benzene rings is 1. The molecule has 0 spiro atoms. The normalized spacial score (nSPS) is 12.3. The number of nitro groups is 1. The molecular weight excluding hydrogens is 372 g/mol. The number of thiazole rings is 1. The summed E-state index contributed by atoms with van der Waals surface area (Å²) < 4.78 is 6.62. The van der Waals surface area contributed by atoms with Crippen LogP contribution < -0.4 is 20.1 Å². The van der Waals surface area contributed by atoms with Crippen molar-refractivity contribution in [2.45, 2.75) is 20.4 Å². The number of rotatable bonds is 6. The highest BCUT2D eigenvalue weighted by Crippen LogP contribution is 2.16. The summed E-state index contributed by atoms with van der Waals surface area (Å²) >= 11 is 0.965. The Hall–Kier alpha value is -3.45. The molecule has 2 rings (SSSR count). The minimum Gasteiger partial charge on any atom is -0.462 e. The number of hydrogen-bond acceptors (Lipinski definition) is 8. The van der Waals surface area contributed by atoms with Gasteiger partial charge in [0.1, 0.15) is 15.3 Å². The van der Waals surface area contributed by atoms with E-state index < -0.39 is 10.9 Å². The summed E-state index contributed by atoms with van der Waals surface area (Å²) in [5.41, 5.74) is -0.284. The number of esters is 1. The molecule has 10 heteroatoms. The summed E-state index contributed by atoms with van der Waals surface area (Å²) in [6.07, 6.45) is 1.39. The lowest BCUT2D eigenvalue weighted by Gasteiger charge is -2.00. The van der Waals surface area contributed by atoms with Gasteiger partial charge in [0, 0.05) is 30.6 Å². The average molecular weight is 388 g/mol. The van der Waals surface area contributed by atoms with Gasteiger partial charge >= 0.3 is 5.97 Å². The molecule has 0 bridgehead atoms. The highest BCUT2D eigenvalue weighted by atomic mass is 32.1. The van der Waals surface area contributed by atoms with Gasteiger partial charge in [-0.25, -0.2) is 4.79 Å². The van der Waals surface area contributed by atoms with Gasteiger partial charge in [-0.1, -0.05) is 6.07 Å².